The largest absolute Gasteiger partial charge is 0.399 e. The summed E-state index contributed by atoms with van der Waals surface area (Å²) in [7, 11) is -2.52. The third-order valence-electron chi connectivity index (χ3n) is 2.49. The van der Waals surface area contributed by atoms with Gasteiger partial charge in [0.2, 0.25) is 10.0 Å². The van der Waals surface area contributed by atoms with Gasteiger partial charge in [0, 0.05) is 18.8 Å². The molecule has 1 aromatic rings. The predicted molar refractivity (Wildman–Crippen MR) is 74.8 cm³/mol. The summed E-state index contributed by atoms with van der Waals surface area (Å²) in [6.45, 7) is 2.01. The molecule has 8 heteroatoms. The molecule has 1 aromatic carbocycles. The van der Waals surface area contributed by atoms with Gasteiger partial charge in [-0.1, -0.05) is 6.92 Å². The molecule has 0 amide bonds. The summed E-state index contributed by atoms with van der Waals surface area (Å²) in [6.07, 6.45) is 0.526. The van der Waals surface area contributed by atoms with E-state index in [1.54, 1.807) is 6.92 Å². The predicted octanol–water partition coefficient (Wildman–Crippen LogP) is 1.87. The maximum atomic E-state index is 13.9. The zero-order chi connectivity index (χ0) is 14.6. The summed E-state index contributed by atoms with van der Waals surface area (Å²) in [5.74, 6) is -0.867. The second-order valence-corrected chi connectivity index (χ2v) is 6.53. The van der Waals surface area contributed by atoms with Gasteiger partial charge in [-0.25, -0.2) is 17.5 Å². The molecule has 19 heavy (non-hydrogen) atoms. The Bertz CT molecular complexity index is 551. The summed E-state index contributed by atoms with van der Waals surface area (Å²) < 4.78 is 45.4. The van der Waals surface area contributed by atoms with E-state index in [0.29, 0.717) is 6.42 Å². The maximum absolute atomic E-state index is 13.9. The minimum Gasteiger partial charge on any atom is -0.399 e. The van der Waals surface area contributed by atoms with E-state index in [-0.39, 0.29) is 16.8 Å². The molecule has 0 saturated carbocycles. The Labute approximate surface area is 120 Å². The molecule has 0 spiro atoms. The monoisotopic (exact) mass is 354 g/mol. The lowest BCUT2D eigenvalue weighted by molar-refractivity contribution is 0.173. The van der Waals surface area contributed by atoms with Gasteiger partial charge < -0.3 is 10.5 Å². The molecule has 1 unspecified atom stereocenters. The van der Waals surface area contributed by atoms with Gasteiger partial charge in [-0.2, -0.15) is 0 Å². The summed E-state index contributed by atoms with van der Waals surface area (Å²) in [6, 6.07) is 1.97. The molecule has 0 aromatic heterocycles. The van der Waals surface area contributed by atoms with Crippen LogP contribution in [0.4, 0.5) is 10.1 Å². The number of rotatable bonds is 6. The van der Waals surface area contributed by atoms with Crippen molar-refractivity contribution < 1.29 is 17.5 Å². The average molecular weight is 355 g/mol. The van der Waals surface area contributed by atoms with Crippen LogP contribution < -0.4 is 10.5 Å². The highest BCUT2D eigenvalue weighted by atomic mass is 79.9. The fourth-order valence-electron chi connectivity index (χ4n) is 1.50. The average Bonchev–Trinajstić information content (AvgIpc) is 2.32. The van der Waals surface area contributed by atoms with E-state index in [1.165, 1.54) is 13.2 Å². The minimum absolute atomic E-state index is 0.00710. The van der Waals surface area contributed by atoms with Crippen LogP contribution in [0.25, 0.3) is 0 Å². The number of ether oxygens (including phenoxy) is 1. The summed E-state index contributed by atoms with van der Waals surface area (Å²) in [4.78, 5) is -0.478. The van der Waals surface area contributed by atoms with E-state index in [1.807, 2.05) is 0 Å². The molecule has 0 radical (unpaired) electrons. The Hall–Kier alpha value is -0.700. The number of halogens is 2. The van der Waals surface area contributed by atoms with Crippen LogP contribution >= 0.6 is 15.9 Å². The molecular formula is C11H16BrFN2O3S. The van der Waals surface area contributed by atoms with Crippen molar-refractivity contribution in [3.63, 3.8) is 0 Å². The molecule has 0 aliphatic carbocycles. The van der Waals surface area contributed by atoms with Gasteiger partial charge in [0.05, 0.1) is 11.1 Å². The topological polar surface area (TPSA) is 81.4 Å². The number of sulfonamides is 1. The highest BCUT2D eigenvalue weighted by molar-refractivity contribution is 9.10. The quantitative estimate of drug-likeness (QED) is 0.764. The Morgan fingerprint density at radius 2 is 2.16 bits per heavy atom. The van der Waals surface area contributed by atoms with Crippen LogP contribution in [0.5, 0.6) is 0 Å². The normalized spacial score (nSPS) is 13.5. The highest BCUT2D eigenvalue weighted by Crippen LogP contribution is 2.26. The highest BCUT2D eigenvalue weighted by Gasteiger charge is 2.24. The second kappa shape index (κ2) is 6.65. The lowest BCUT2D eigenvalue weighted by Crippen LogP contribution is -2.37. The van der Waals surface area contributed by atoms with Gasteiger partial charge in [0.1, 0.15) is 4.90 Å². The molecule has 3 N–H and O–H groups in total. The standard InChI is InChI=1S/C11H16BrFN2O3S/c1-3-8(6-18-2)15-19(16,17)10-5-7(14)4-9(12)11(10)13/h4-5,8,15H,3,6,14H2,1-2H3. The minimum atomic E-state index is -3.98. The van der Waals surface area contributed by atoms with Gasteiger partial charge in [0.25, 0.3) is 0 Å². The van der Waals surface area contributed by atoms with Gasteiger partial charge in [-0.15, -0.1) is 0 Å². The number of anilines is 1. The molecule has 0 aliphatic heterocycles. The van der Waals surface area contributed by atoms with Crippen LogP contribution in [0.1, 0.15) is 13.3 Å². The zero-order valence-electron chi connectivity index (χ0n) is 10.6. The van der Waals surface area contributed by atoms with Crippen LogP contribution in [0.3, 0.4) is 0 Å². The lowest BCUT2D eigenvalue weighted by Gasteiger charge is -2.17. The number of nitrogen functional groups attached to an aromatic ring is 1. The first kappa shape index (κ1) is 16.4. The zero-order valence-corrected chi connectivity index (χ0v) is 13.0. The van der Waals surface area contributed by atoms with Crippen molar-refractivity contribution in [2.45, 2.75) is 24.3 Å². The first-order valence-corrected chi connectivity index (χ1v) is 7.85. The van der Waals surface area contributed by atoms with E-state index in [2.05, 4.69) is 20.7 Å². The Morgan fingerprint density at radius 3 is 2.68 bits per heavy atom. The number of nitrogens with one attached hydrogen (secondary N) is 1. The molecule has 0 fully saturated rings. The summed E-state index contributed by atoms with van der Waals surface area (Å²) >= 11 is 2.93. The Kier molecular flexibility index (Phi) is 5.72. The van der Waals surface area contributed by atoms with E-state index in [9.17, 15) is 12.8 Å². The second-order valence-electron chi connectivity index (χ2n) is 4.00. The molecule has 0 saturated heterocycles. The molecule has 1 atom stereocenters. The first-order valence-electron chi connectivity index (χ1n) is 5.57. The lowest BCUT2D eigenvalue weighted by atomic mass is 10.3. The fourth-order valence-corrected chi connectivity index (χ4v) is 3.55. The number of benzene rings is 1. The van der Waals surface area contributed by atoms with Gasteiger partial charge in [-0.3, -0.25) is 0 Å². The summed E-state index contributed by atoms with van der Waals surface area (Å²) in [5, 5.41) is 0. The van der Waals surface area contributed by atoms with Crippen LogP contribution in [0, 0.1) is 5.82 Å². The van der Waals surface area contributed by atoms with E-state index < -0.39 is 26.8 Å². The number of hydrogen-bond donors (Lipinski definition) is 2. The third-order valence-corrected chi connectivity index (χ3v) is 4.59. The van der Waals surface area contributed by atoms with Gasteiger partial charge in [-0.05, 0) is 34.5 Å². The van der Waals surface area contributed by atoms with E-state index in [4.69, 9.17) is 10.5 Å². The van der Waals surface area contributed by atoms with Crippen LogP contribution in [-0.2, 0) is 14.8 Å². The molecular weight excluding hydrogens is 339 g/mol. The Balaban J connectivity index is 3.13. The van der Waals surface area contributed by atoms with Crippen molar-refractivity contribution in [1.29, 1.82) is 0 Å². The fraction of sp³-hybridized carbons (Fsp3) is 0.455. The molecule has 108 valence electrons. The van der Waals surface area contributed by atoms with Crippen LogP contribution in [0.15, 0.2) is 21.5 Å². The van der Waals surface area contributed by atoms with Crippen molar-refractivity contribution in [1.82, 2.24) is 4.72 Å². The molecule has 0 heterocycles. The third kappa shape index (κ3) is 4.13. The molecule has 5 nitrogen and oxygen atoms in total. The van der Waals surface area contributed by atoms with Crippen LogP contribution in [-0.4, -0.2) is 28.2 Å². The van der Waals surface area contributed by atoms with E-state index >= 15 is 0 Å². The van der Waals surface area contributed by atoms with Gasteiger partial charge >= 0.3 is 0 Å². The smallest absolute Gasteiger partial charge is 0.243 e. The number of methoxy groups -OCH3 is 1. The van der Waals surface area contributed by atoms with Crippen LogP contribution in [0.2, 0.25) is 0 Å². The molecule has 0 bridgehead atoms. The van der Waals surface area contributed by atoms with Crippen molar-refractivity contribution in [3.8, 4) is 0 Å². The molecule has 1 rings (SSSR count). The first-order chi connectivity index (χ1) is 8.81. The summed E-state index contributed by atoms with van der Waals surface area (Å²) in [5.41, 5.74) is 5.69. The van der Waals surface area contributed by atoms with Crippen molar-refractivity contribution in [2.75, 3.05) is 19.5 Å². The van der Waals surface area contributed by atoms with Crippen molar-refractivity contribution >= 4 is 31.6 Å². The SMILES string of the molecule is CCC(COC)NS(=O)(=O)c1cc(N)cc(Br)c1F. The maximum Gasteiger partial charge on any atom is 0.243 e. The Morgan fingerprint density at radius 1 is 1.53 bits per heavy atom. The van der Waals surface area contributed by atoms with Crippen molar-refractivity contribution in [3.05, 3.63) is 22.4 Å². The number of hydrogen-bond acceptors (Lipinski definition) is 4. The number of nitrogens with two attached hydrogens (primary N) is 1. The van der Waals surface area contributed by atoms with Gasteiger partial charge in [0.15, 0.2) is 5.82 Å². The van der Waals surface area contributed by atoms with E-state index in [0.717, 1.165) is 6.07 Å². The van der Waals surface area contributed by atoms with Crippen molar-refractivity contribution in [2.24, 2.45) is 0 Å². The molecule has 0 aliphatic rings.